The fraction of sp³-hybridized carbons (Fsp3) is 0.250. The van der Waals surface area contributed by atoms with E-state index in [0.29, 0.717) is 13.2 Å². The minimum atomic E-state index is -1.88. The molecule has 0 unspecified atom stereocenters. The molecule has 3 rings (SSSR count). The van der Waals surface area contributed by atoms with E-state index in [-0.39, 0.29) is 13.2 Å². The molecule has 29 heavy (non-hydrogen) atoms. The van der Waals surface area contributed by atoms with E-state index >= 15 is 0 Å². The maximum Gasteiger partial charge on any atom is 0.347 e. The van der Waals surface area contributed by atoms with E-state index < -0.39 is 67.1 Å². The summed E-state index contributed by atoms with van der Waals surface area (Å²) in [4.78, 5) is 69.2. The number of aliphatic hydroxyl groups excluding tert-OH is 2. The summed E-state index contributed by atoms with van der Waals surface area (Å²) in [7, 11) is 0. The number of aromatic carboxylic acids is 2. The lowest BCUT2D eigenvalue weighted by Gasteiger charge is -2.02. The Morgan fingerprint density at radius 3 is 1.24 bits per heavy atom. The van der Waals surface area contributed by atoms with Crippen LogP contribution in [0.25, 0.3) is 21.5 Å². The normalized spacial score (nSPS) is 10.8. The second-order valence-corrected chi connectivity index (χ2v) is 5.27. The van der Waals surface area contributed by atoms with Crippen molar-refractivity contribution in [2.24, 2.45) is 0 Å². The molecule has 0 aliphatic carbocycles. The van der Waals surface area contributed by atoms with Crippen molar-refractivity contribution in [1.82, 2.24) is 0 Å². The smallest absolute Gasteiger partial charge is 0.347 e. The van der Waals surface area contributed by atoms with E-state index in [1.807, 2.05) is 0 Å². The average molecular weight is 412 g/mol. The Morgan fingerprint density at radius 2 is 0.966 bits per heavy atom. The van der Waals surface area contributed by atoms with Gasteiger partial charge < -0.3 is 34.0 Å². The lowest BCUT2D eigenvalue weighted by atomic mass is 9.96. The molecule has 13 heteroatoms. The van der Waals surface area contributed by atoms with Crippen molar-refractivity contribution in [1.29, 1.82) is 0 Å². The Balaban J connectivity index is 0.000000370. The molecular weight excluding hydrogens is 400 g/mol. The molecule has 2 aromatic heterocycles. The van der Waals surface area contributed by atoms with E-state index in [2.05, 4.69) is 13.6 Å². The van der Waals surface area contributed by atoms with Crippen molar-refractivity contribution in [2.45, 2.75) is 0 Å². The molecule has 2 heterocycles. The Kier molecular flexibility index (Phi) is 6.38. The lowest BCUT2D eigenvalue weighted by Crippen LogP contribution is -2.15. The highest BCUT2D eigenvalue weighted by atomic mass is 16.5. The standard InChI is InChI=1S/C12H2O10.C4H10O3/c13-7(14)1-2(8(15)16)4-6(12(20)22-10(4)18)5-3(1)9(17)21-11(5)19;5-1-3-7-4-2-6/h(H,13,14)(H,15,16);5-6H,1-4H2. The van der Waals surface area contributed by atoms with Crippen LogP contribution in [0.5, 0.6) is 0 Å². The van der Waals surface area contributed by atoms with Crippen LogP contribution in [-0.2, 0) is 4.74 Å². The number of carboxylic acid groups (broad SMARTS) is 2. The predicted octanol–water partition coefficient (Wildman–Crippen LogP) is -2.12. The number of benzene rings is 1. The number of carboxylic acids is 2. The number of fused-ring (bicyclic) bond motifs is 3. The van der Waals surface area contributed by atoms with Gasteiger partial charge in [-0.1, -0.05) is 0 Å². The summed E-state index contributed by atoms with van der Waals surface area (Å²) in [6.45, 7) is 0.696. The summed E-state index contributed by atoms with van der Waals surface area (Å²) in [6.07, 6.45) is 0. The lowest BCUT2D eigenvalue weighted by molar-refractivity contribution is 0.0650. The van der Waals surface area contributed by atoms with Crippen molar-refractivity contribution in [2.75, 3.05) is 26.4 Å². The number of furan rings is 2. The summed E-state index contributed by atoms with van der Waals surface area (Å²) in [5.41, 5.74) is -7.78. The second kappa shape index (κ2) is 8.55. The minimum Gasteiger partial charge on any atom is -0.478 e. The number of aliphatic hydroxyl groups is 2. The highest BCUT2D eigenvalue weighted by Gasteiger charge is 2.33. The molecule has 0 saturated carbocycles. The molecule has 0 aliphatic heterocycles. The highest BCUT2D eigenvalue weighted by Crippen LogP contribution is 2.26. The van der Waals surface area contributed by atoms with Gasteiger partial charge >= 0.3 is 34.4 Å². The zero-order valence-corrected chi connectivity index (χ0v) is 14.3. The van der Waals surface area contributed by atoms with Crippen LogP contribution in [0.4, 0.5) is 0 Å². The van der Waals surface area contributed by atoms with Crippen LogP contribution in [-0.4, -0.2) is 58.8 Å². The minimum absolute atomic E-state index is 0.0278. The first-order valence-corrected chi connectivity index (χ1v) is 7.70. The van der Waals surface area contributed by atoms with Gasteiger partial charge in [0.05, 0.1) is 59.1 Å². The Hall–Kier alpha value is -3.68. The van der Waals surface area contributed by atoms with Crippen molar-refractivity contribution in [3.05, 3.63) is 52.8 Å². The first kappa shape index (κ1) is 21.6. The van der Waals surface area contributed by atoms with Gasteiger partial charge in [0.25, 0.3) is 0 Å². The molecule has 1 aromatic carbocycles. The van der Waals surface area contributed by atoms with Gasteiger partial charge in [0.2, 0.25) is 0 Å². The SMILES string of the molecule is O=C(O)c1c(C(=O)O)c2c(=O)oc(=O)c2c2c(=O)oc(=O)c12.OCCOCCO. The summed E-state index contributed by atoms with van der Waals surface area (Å²) < 4.78 is 13.1. The number of carbonyl (C=O) groups is 2. The van der Waals surface area contributed by atoms with E-state index in [0.717, 1.165) is 0 Å². The number of ether oxygens (including phenoxy) is 1. The summed E-state index contributed by atoms with van der Waals surface area (Å²) in [6, 6.07) is 0. The molecule has 0 spiro atoms. The third-order valence-corrected chi connectivity index (χ3v) is 3.59. The van der Waals surface area contributed by atoms with Gasteiger partial charge in [-0.2, -0.15) is 0 Å². The Bertz CT molecular complexity index is 1180. The fourth-order valence-electron chi connectivity index (χ4n) is 2.60. The van der Waals surface area contributed by atoms with Crippen molar-refractivity contribution >= 4 is 33.5 Å². The Morgan fingerprint density at radius 1 is 0.655 bits per heavy atom. The monoisotopic (exact) mass is 412 g/mol. The zero-order valence-electron chi connectivity index (χ0n) is 14.3. The summed E-state index contributed by atoms with van der Waals surface area (Å²) >= 11 is 0. The van der Waals surface area contributed by atoms with Gasteiger partial charge in [0, 0.05) is 0 Å². The molecule has 13 nitrogen and oxygen atoms in total. The molecule has 0 fully saturated rings. The van der Waals surface area contributed by atoms with E-state index in [1.54, 1.807) is 0 Å². The quantitative estimate of drug-likeness (QED) is 0.319. The number of rotatable bonds is 6. The third-order valence-electron chi connectivity index (χ3n) is 3.59. The van der Waals surface area contributed by atoms with Gasteiger partial charge in [-0.15, -0.1) is 0 Å². The van der Waals surface area contributed by atoms with E-state index in [1.165, 1.54) is 0 Å². The van der Waals surface area contributed by atoms with Crippen LogP contribution in [0, 0.1) is 0 Å². The van der Waals surface area contributed by atoms with Gasteiger partial charge in [-0.25, -0.2) is 28.8 Å². The molecular formula is C16H12O13. The van der Waals surface area contributed by atoms with Crippen LogP contribution in [0.3, 0.4) is 0 Å². The molecule has 4 N–H and O–H groups in total. The molecule has 0 aliphatic rings. The fourth-order valence-corrected chi connectivity index (χ4v) is 2.60. The largest absolute Gasteiger partial charge is 0.478 e. The van der Waals surface area contributed by atoms with Gasteiger partial charge in [0.15, 0.2) is 0 Å². The van der Waals surface area contributed by atoms with Gasteiger partial charge in [-0.05, 0) is 0 Å². The molecule has 0 atom stereocenters. The average Bonchev–Trinajstić information content (AvgIpc) is 3.10. The van der Waals surface area contributed by atoms with E-state index in [4.69, 9.17) is 20.4 Å². The zero-order chi connectivity index (χ0) is 21.9. The maximum atomic E-state index is 11.6. The van der Waals surface area contributed by atoms with Crippen LogP contribution in [0.1, 0.15) is 20.7 Å². The molecule has 0 amide bonds. The molecule has 0 radical (unpaired) electrons. The Labute approximate surface area is 157 Å². The van der Waals surface area contributed by atoms with Gasteiger partial charge in [0.1, 0.15) is 0 Å². The van der Waals surface area contributed by atoms with Crippen molar-refractivity contribution in [3.8, 4) is 0 Å². The van der Waals surface area contributed by atoms with E-state index in [9.17, 15) is 28.8 Å². The predicted molar refractivity (Wildman–Crippen MR) is 92.3 cm³/mol. The van der Waals surface area contributed by atoms with Crippen molar-refractivity contribution in [3.63, 3.8) is 0 Å². The molecule has 154 valence electrons. The second-order valence-electron chi connectivity index (χ2n) is 5.27. The number of hydrogen-bond acceptors (Lipinski definition) is 11. The maximum absolute atomic E-state index is 11.6. The summed E-state index contributed by atoms with van der Waals surface area (Å²) in [5, 5.41) is 31.1. The topological polar surface area (TPSA) is 219 Å². The summed E-state index contributed by atoms with van der Waals surface area (Å²) in [5.74, 6) is -3.76. The number of hydrogen-bond donors (Lipinski definition) is 4. The third kappa shape index (κ3) is 3.82. The first-order valence-electron chi connectivity index (χ1n) is 7.70. The highest BCUT2D eigenvalue weighted by molar-refractivity contribution is 6.23. The molecule has 0 saturated heterocycles. The van der Waals surface area contributed by atoms with Crippen LogP contribution in [0.15, 0.2) is 28.0 Å². The molecule has 0 bridgehead atoms. The first-order chi connectivity index (χ1) is 13.7. The van der Waals surface area contributed by atoms with Crippen LogP contribution >= 0.6 is 0 Å². The molecule has 3 aromatic rings. The van der Waals surface area contributed by atoms with Crippen LogP contribution < -0.4 is 22.5 Å². The van der Waals surface area contributed by atoms with Crippen molar-refractivity contribution < 1.29 is 43.6 Å². The van der Waals surface area contributed by atoms with Crippen LogP contribution in [0.2, 0.25) is 0 Å². The van der Waals surface area contributed by atoms with Gasteiger partial charge in [-0.3, -0.25) is 0 Å².